The van der Waals surface area contributed by atoms with E-state index in [2.05, 4.69) is 17.2 Å². The zero-order chi connectivity index (χ0) is 32.2. The van der Waals surface area contributed by atoms with Gasteiger partial charge < -0.3 is 33.9 Å². The number of carbonyl (C=O) groups excluding carboxylic acids is 2. The minimum atomic E-state index is -1.10. The number of carbonyl (C=O) groups is 2. The van der Waals surface area contributed by atoms with E-state index in [0.29, 0.717) is 39.6 Å². The quantitative estimate of drug-likeness (QED) is 0.134. The second-order valence-corrected chi connectivity index (χ2v) is 10.1. The number of rotatable bonds is 16. The Morgan fingerprint density at radius 1 is 0.778 bits per heavy atom. The Kier molecular flexibility index (Phi) is 11.9. The maximum absolute atomic E-state index is 11.2. The fourth-order valence-electron chi connectivity index (χ4n) is 4.38. The maximum Gasteiger partial charge on any atom is 0.302 e. The van der Waals surface area contributed by atoms with Gasteiger partial charge in [0.2, 0.25) is 0 Å². The highest BCUT2D eigenvalue weighted by atomic mass is 16.7. The van der Waals surface area contributed by atoms with Crippen molar-refractivity contribution in [3.63, 3.8) is 0 Å². The predicted octanol–water partition coefficient (Wildman–Crippen LogP) is 4.53. The van der Waals surface area contributed by atoms with Gasteiger partial charge in [-0.15, -0.1) is 5.10 Å². The van der Waals surface area contributed by atoms with E-state index in [4.69, 9.17) is 23.7 Å². The highest BCUT2D eigenvalue weighted by Gasteiger charge is 2.25. The van der Waals surface area contributed by atoms with Gasteiger partial charge in [-0.3, -0.25) is 14.3 Å². The summed E-state index contributed by atoms with van der Waals surface area (Å²) in [6.07, 6.45) is 1.63. The van der Waals surface area contributed by atoms with Crippen molar-refractivity contribution in [1.82, 2.24) is 15.0 Å². The number of hydrogen-bond donors (Lipinski definition) is 2. The molecule has 0 fully saturated rings. The molecule has 0 aliphatic carbocycles. The largest absolute Gasteiger partial charge is 0.487 e. The number of esters is 2. The van der Waals surface area contributed by atoms with Gasteiger partial charge in [-0.05, 0) is 65.1 Å². The summed E-state index contributed by atoms with van der Waals surface area (Å²) < 4.78 is 30.4. The summed E-state index contributed by atoms with van der Waals surface area (Å²) in [6, 6.07) is 17.2. The number of aromatic nitrogens is 3. The minimum absolute atomic E-state index is 0.120. The molecule has 0 spiro atoms. The summed E-state index contributed by atoms with van der Waals surface area (Å²) in [6.45, 7) is 5.09. The van der Waals surface area contributed by atoms with Gasteiger partial charge in [0.05, 0.1) is 19.4 Å². The molecule has 12 heteroatoms. The van der Waals surface area contributed by atoms with Crippen LogP contribution in [-0.4, -0.2) is 37.1 Å². The van der Waals surface area contributed by atoms with Crippen LogP contribution < -0.4 is 14.2 Å². The first-order valence-electron chi connectivity index (χ1n) is 14.4. The SMILES string of the molecule is CCCn1cc(COc2cc(CO)c(C(Oc3ccc(COC(C)=O)cc3)Oc3ccc(COC(C)=O)cc3)c(CO)c2)nn1. The monoisotopic (exact) mass is 619 g/mol. The van der Waals surface area contributed by atoms with Crippen molar-refractivity contribution >= 4 is 11.9 Å². The van der Waals surface area contributed by atoms with Crippen LogP contribution in [0.15, 0.2) is 66.9 Å². The normalized spacial score (nSPS) is 10.9. The highest BCUT2D eigenvalue weighted by Crippen LogP contribution is 2.34. The average Bonchev–Trinajstić information content (AvgIpc) is 3.49. The van der Waals surface area contributed by atoms with Crippen LogP contribution in [0.2, 0.25) is 0 Å². The zero-order valence-electron chi connectivity index (χ0n) is 25.5. The molecule has 1 heterocycles. The third kappa shape index (κ3) is 9.78. The van der Waals surface area contributed by atoms with E-state index in [1.807, 2.05) is 6.20 Å². The van der Waals surface area contributed by atoms with Gasteiger partial charge in [-0.2, -0.15) is 0 Å². The van der Waals surface area contributed by atoms with E-state index < -0.39 is 19.5 Å². The molecule has 3 aromatic carbocycles. The van der Waals surface area contributed by atoms with E-state index in [1.54, 1.807) is 65.3 Å². The van der Waals surface area contributed by atoms with Crippen molar-refractivity contribution in [2.24, 2.45) is 0 Å². The first kappa shape index (κ1) is 33.0. The Bertz CT molecular complexity index is 1460. The van der Waals surface area contributed by atoms with Crippen LogP contribution in [0.1, 0.15) is 67.0 Å². The summed E-state index contributed by atoms with van der Waals surface area (Å²) >= 11 is 0. The van der Waals surface area contributed by atoms with Gasteiger partial charge in [0.1, 0.15) is 42.8 Å². The molecule has 12 nitrogen and oxygen atoms in total. The summed E-state index contributed by atoms with van der Waals surface area (Å²) in [4.78, 5) is 22.4. The third-order valence-corrected chi connectivity index (χ3v) is 6.54. The fourth-order valence-corrected chi connectivity index (χ4v) is 4.38. The number of nitrogens with zero attached hydrogens (tertiary/aromatic N) is 3. The van der Waals surface area contributed by atoms with Gasteiger partial charge >= 0.3 is 11.9 Å². The topological polar surface area (TPSA) is 151 Å². The molecule has 4 aromatic rings. The molecule has 0 saturated heterocycles. The first-order chi connectivity index (χ1) is 21.8. The Balaban J connectivity index is 1.62. The number of aryl methyl sites for hydroxylation is 1. The lowest BCUT2D eigenvalue weighted by molar-refractivity contribution is -0.143. The van der Waals surface area contributed by atoms with Crippen LogP contribution in [0.3, 0.4) is 0 Å². The lowest BCUT2D eigenvalue weighted by Gasteiger charge is -2.25. The molecule has 0 atom stereocenters. The molecular weight excluding hydrogens is 582 g/mol. The Morgan fingerprint density at radius 3 is 1.73 bits per heavy atom. The Hall–Kier alpha value is -4.94. The van der Waals surface area contributed by atoms with E-state index in [9.17, 15) is 19.8 Å². The molecule has 0 bridgehead atoms. The van der Waals surface area contributed by atoms with Crippen LogP contribution >= 0.6 is 0 Å². The Labute approximate surface area is 261 Å². The van der Waals surface area contributed by atoms with Gasteiger partial charge in [-0.1, -0.05) is 36.4 Å². The van der Waals surface area contributed by atoms with Gasteiger partial charge in [0, 0.05) is 26.0 Å². The second-order valence-electron chi connectivity index (χ2n) is 10.1. The maximum atomic E-state index is 11.2. The Morgan fingerprint density at radius 2 is 1.29 bits per heavy atom. The highest BCUT2D eigenvalue weighted by molar-refractivity contribution is 5.66. The molecule has 0 amide bonds. The molecule has 238 valence electrons. The van der Waals surface area contributed by atoms with Crippen LogP contribution in [0, 0.1) is 0 Å². The van der Waals surface area contributed by atoms with Crippen molar-refractivity contribution in [3.8, 4) is 17.2 Å². The molecule has 0 saturated carbocycles. The molecule has 2 N–H and O–H groups in total. The van der Waals surface area contributed by atoms with E-state index in [1.165, 1.54) is 13.8 Å². The first-order valence-corrected chi connectivity index (χ1v) is 14.4. The summed E-state index contributed by atoms with van der Waals surface area (Å²) in [5, 5.41) is 29.0. The average molecular weight is 620 g/mol. The smallest absolute Gasteiger partial charge is 0.302 e. The minimum Gasteiger partial charge on any atom is -0.487 e. The van der Waals surface area contributed by atoms with Crippen LogP contribution in [0.4, 0.5) is 0 Å². The van der Waals surface area contributed by atoms with E-state index in [-0.39, 0.29) is 31.8 Å². The molecule has 1 aromatic heterocycles. The van der Waals surface area contributed by atoms with Crippen molar-refractivity contribution < 1.29 is 43.5 Å². The zero-order valence-corrected chi connectivity index (χ0v) is 25.5. The summed E-state index contributed by atoms with van der Waals surface area (Å²) in [5.41, 5.74) is 3.45. The number of aliphatic hydroxyl groups excluding tert-OH is 2. The van der Waals surface area contributed by atoms with Gasteiger partial charge in [0.15, 0.2) is 0 Å². The molecule has 0 aliphatic heterocycles. The molecule has 4 rings (SSSR count). The number of hydrogen-bond acceptors (Lipinski definition) is 11. The van der Waals surface area contributed by atoms with Crippen molar-refractivity contribution in [3.05, 3.63) is 100 Å². The van der Waals surface area contributed by atoms with E-state index in [0.717, 1.165) is 24.1 Å². The fraction of sp³-hybridized carbons (Fsp3) is 0.333. The number of ether oxygens (including phenoxy) is 5. The lowest BCUT2D eigenvalue weighted by Crippen LogP contribution is -2.19. The standard InChI is InChI=1S/C33H37N3O9/c1-4-13-36-16-28(34-35-36)21-43-31-14-26(17-37)32(27(15-31)18-38)33(44-29-9-5-24(6-10-29)19-41-22(2)39)45-30-11-7-25(8-12-30)20-42-23(3)40/h5-12,14-16,33,37-38H,4,13,17-21H2,1-3H3. The van der Waals surface area contributed by atoms with Crippen molar-refractivity contribution in [2.45, 2.75) is 73.1 Å². The van der Waals surface area contributed by atoms with Crippen LogP contribution in [0.25, 0.3) is 0 Å². The molecule has 45 heavy (non-hydrogen) atoms. The molecule has 0 unspecified atom stereocenters. The molecule has 0 aliphatic rings. The third-order valence-electron chi connectivity index (χ3n) is 6.54. The van der Waals surface area contributed by atoms with E-state index >= 15 is 0 Å². The number of aliphatic hydroxyl groups is 2. The lowest BCUT2D eigenvalue weighted by atomic mass is 10.00. The predicted molar refractivity (Wildman–Crippen MR) is 161 cm³/mol. The molecular formula is C33H37N3O9. The van der Waals surface area contributed by atoms with Crippen LogP contribution in [-0.2, 0) is 58.6 Å². The second kappa shape index (κ2) is 16.2. The van der Waals surface area contributed by atoms with Crippen LogP contribution in [0.5, 0.6) is 17.2 Å². The number of benzene rings is 3. The van der Waals surface area contributed by atoms with Gasteiger partial charge in [-0.25, -0.2) is 0 Å². The molecule has 0 radical (unpaired) electrons. The van der Waals surface area contributed by atoms with Crippen molar-refractivity contribution in [1.29, 1.82) is 0 Å². The summed E-state index contributed by atoms with van der Waals surface area (Å²) in [5.74, 6) is 0.514. The van der Waals surface area contributed by atoms with Crippen molar-refractivity contribution in [2.75, 3.05) is 0 Å². The van der Waals surface area contributed by atoms with Gasteiger partial charge in [0.25, 0.3) is 6.29 Å². The summed E-state index contributed by atoms with van der Waals surface area (Å²) in [7, 11) is 0.